The number of benzene rings is 1. The molecular formula is C16H18N2O2S. The standard InChI is InChI=1S/C16H18N2O2S/c1-4-6-10-14(18)13(9-17)21-16(10)11-7-5-8-12(19-2)15(11)20-3/h5,7-8H,4,6,18H2,1-3H3. The van der Waals surface area contributed by atoms with E-state index in [-0.39, 0.29) is 0 Å². The predicted octanol–water partition coefficient (Wildman–Crippen LogP) is 3.84. The van der Waals surface area contributed by atoms with Gasteiger partial charge < -0.3 is 15.2 Å². The number of nitriles is 1. The molecule has 0 aliphatic carbocycles. The smallest absolute Gasteiger partial charge is 0.169 e. The maximum Gasteiger partial charge on any atom is 0.169 e. The van der Waals surface area contributed by atoms with Gasteiger partial charge in [0.25, 0.3) is 0 Å². The fourth-order valence-corrected chi connectivity index (χ4v) is 3.43. The predicted molar refractivity (Wildman–Crippen MR) is 86.0 cm³/mol. The zero-order valence-electron chi connectivity index (χ0n) is 12.4. The van der Waals surface area contributed by atoms with E-state index in [1.807, 2.05) is 18.2 Å². The minimum absolute atomic E-state index is 0.554. The van der Waals surface area contributed by atoms with Gasteiger partial charge in [-0.3, -0.25) is 0 Å². The zero-order valence-corrected chi connectivity index (χ0v) is 13.2. The summed E-state index contributed by atoms with van der Waals surface area (Å²) in [6.07, 6.45) is 1.80. The molecule has 1 heterocycles. The highest BCUT2D eigenvalue weighted by molar-refractivity contribution is 7.16. The van der Waals surface area contributed by atoms with Gasteiger partial charge in [-0.25, -0.2) is 0 Å². The molecule has 0 amide bonds. The van der Waals surface area contributed by atoms with Crippen LogP contribution in [-0.4, -0.2) is 14.2 Å². The topological polar surface area (TPSA) is 68.3 Å². The van der Waals surface area contributed by atoms with E-state index in [4.69, 9.17) is 15.2 Å². The summed E-state index contributed by atoms with van der Waals surface area (Å²) in [5.41, 5.74) is 8.64. The Labute approximate surface area is 128 Å². The van der Waals surface area contributed by atoms with Crippen molar-refractivity contribution < 1.29 is 9.47 Å². The Kier molecular flexibility index (Phi) is 4.71. The van der Waals surface area contributed by atoms with Crippen LogP contribution in [0.3, 0.4) is 0 Å². The second kappa shape index (κ2) is 6.51. The molecule has 0 fully saturated rings. The van der Waals surface area contributed by atoms with Crippen molar-refractivity contribution in [1.29, 1.82) is 5.26 Å². The lowest BCUT2D eigenvalue weighted by Gasteiger charge is -2.13. The van der Waals surface area contributed by atoms with Crippen LogP contribution in [0.5, 0.6) is 11.5 Å². The third kappa shape index (κ3) is 2.67. The Morgan fingerprint density at radius 1 is 1.29 bits per heavy atom. The second-order valence-corrected chi connectivity index (χ2v) is 5.58. The van der Waals surface area contributed by atoms with Crippen molar-refractivity contribution >= 4 is 17.0 Å². The first-order valence-corrected chi connectivity index (χ1v) is 7.52. The van der Waals surface area contributed by atoms with E-state index < -0.39 is 0 Å². The van der Waals surface area contributed by atoms with Crippen LogP contribution >= 0.6 is 11.3 Å². The van der Waals surface area contributed by atoms with Gasteiger partial charge in [-0.05, 0) is 24.1 Å². The Balaban J connectivity index is 2.70. The Morgan fingerprint density at radius 3 is 2.62 bits per heavy atom. The molecule has 0 aliphatic rings. The Morgan fingerprint density at radius 2 is 2.05 bits per heavy atom. The van der Waals surface area contributed by atoms with Crippen LogP contribution in [0, 0.1) is 11.3 Å². The van der Waals surface area contributed by atoms with Crippen molar-refractivity contribution in [3.63, 3.8) is 0 Å². The maximum atomic E-state index is 9.22. The largest absolute Gasteiger partial charge is 0.493 e. The van der Waals surface area contributed by atoms with Crippen molar-refractivity contribution in [3.05, 3.63) is 28.6 Å². The third-order valence-electron chi connectivity index (χ3n) is 3.30. The molecule has 0 spiro atoms. The minimum atomic E-state index is 0.554. The molecule has 5 heteroatoms. The van der Waals surface area contributed by atoms with Crippen LogP contribution in [-0.2, 0) is 6.42 Å². The van der Waals surface area contributed by atoms with Crippen LogP contribution in [0.1, 0.15) is 23.8 Å². The summed E-state index contributed by atoms with van der Waals surface area (Å²) in [5.74, 6) is 1.34. The minimum Gasteiger partial charge on any atom is -0.493 e. The molecule has 2 aromatic rings. The molecule has 0 aliphatic heterocycles. The van der Waals surface area contributed by atoms with Crippen molar-refractivity contribution in [1.82, 2.24) is 0 Å². The number of hydrogen-bond acceptors (Lipinski definition) is 5. The van der Waals surface area contributed by atoms with Gasteiger partial charge in [-0.15, -0.1) is 11.3 Å². The first kappa shape index (κ1) is 15.2. The van der Waals surface area contributed by atoms with Crippen LogP contribution in [0.4, 0.5) is 5.69 Å². The molecule has 0 radical (unpaired) electrons. The number of ether oxygens (including phenoxy) is 2. The van der Waals surface area contributed by atoms with Crippen LogP contribution in [0.2, 0.25) is 0 Å². The van der Waals surface area contributed by atoms with Crippen LogP contribution in [0.25, 0.3) is 10.4 Å². The second-order valence-electron chi connectivity index (χ2n) is 4.56. The number of nitrogen functional groups attached to an aromatic ring is 1. The number of rotatable bonds is 5. The fraction of sp³-hybridized carbons (Fsp3) is 0.312. The van der Waals surface area contributed by atoms with Crippen LogP contribution < -0.4 is 15.2 Å². The van der Waals surface area contributed by atoms with E-state index in [0.29, 0.717) is 22.1 Å². The molecule has 0 saturated carbocycles. The number of methoxy groups -OCH3 is 2. The summed E-state index contributed by atoms with van der Waals surface area (Å²) >= 11 is 1.41. The number of hydrogen-bond donors (Lipinski definition) is 1. The van der Waals surface area contributed by atoms with Crippen molar-refractivity contribution in [2.75, 3.05) is 20.0 Å². The molecule has 2 N–H and O–H groups in total. The molecular weight excluding hydrogens is 284 g/mol. The molecule has 110 valence electrons. The maximum absolute atomic E-state index is 9.22. The van der Waals surface area contributed by atoms with Gasteiger partial charge in [-0.2, -0.15) is 5.26 Å². The number of para-hydroxylation sites is 1. The lowest BCUT2D eigenvalue weighted by molar-refractivity contribution is 0.356. The van der Waals surface area contributed by atoms with Gasteiger partial charge in [0, 0.05) is 10.4 Å². The Hall–Kier alpha value is -2.19. The van der Waals surface area contributed by atoms with Gasteiger partial charge in [0.1, 0.15) is 10.9 Å². The van der Waals surface area contributed by atoms with Gasteiger partial charge >= 0.3 is 0 Å². The zero-order chi connectivity index (χ0) is 15.4. The molecule has 0 saturated heterocycles. The molecule has 1 aromatic carbocycles. The first-order chi connectivity index (χ1) is 10.2. The van der Waals surface area contributed by atoms with Gasteiger partial charge in [0.2, 0.25) is 0 Å². The highest BCUT2D eigenvalue weighted by Crippen LogP contribution is 2.45. The molecule has 21 heavy (non-hydrogen) atoms. The molecule has 4 nitrogen and oxygen atoms in total. The molecule has 0 atom stereocenters. The number of thiophene rings is 1. The monoisotopic (exact) mass is 302 g/mol. The summed E-state index contributed by atoms with van der Waals surface area (Å²) in [5, 5.41) is 9.22. The highest BCUT2D eigenvalue weighted by atomic mass is 32.1. The number of anilines is 1. The lowest BCUT2D eigenvalue weighted by atomic mass is 10.0. The summed E-state index contributed by atoms with van der Waals surface area (Å²) in [6, 6.07) is 7.90. The summed E-state index contributed by atoms with van der Waals surface area (Å²) in [6.45, 7) is 2.09. The number of nitrogens with two attached hydrogens (primary N) is 1. The Bertz CT molecular complexity index is 686. The quantitative estimate of drug-likeness (QED) is 0.911. The molecule has 2 rings (SSSR count). The van der Waals surface area contributed by atoms with Crippen molar-refractivity contribution in [2.45, 2.75) is 19.8 Å². The molecule has 0 unspecified atom stereocenters. The average molecular weight is 302 g/mol. The molecule has 1 aromatic heterocycles. The molecule has 0 bridgehead atoms. The summed E-state index contributed by atoms with van der Waals surface area (Å²) < 4.78 is 10.8. The highest BCUT2D eigenvalue weighted by Gasteiger charge is 2.20. The van der Waals surface area contributed by atoms with E-state index in [1.54, 1.807) is 14.2 Å². The average Bonchev–Trinajstić information content (AvgIpc) is 2.83. The van der Waals surface area contributed by atoms with Gasteiger partial charge in [-0.1, -0.05) is 19.4 Å². The van der Waals surface area contributed by atoms with E-state index in [9.17, 15) is 5.26 Å². The van der Waals surface area contributed by atoms with E-state index in [1.165, 1.54) is 11.3 Å². The van der Waals surface area contributed by atoms with Crippen LogP contribution in [0.15, 0.2) is 18.2 Å². The lowest BCUT2D eigenvalue weighted by Crippen LogP contribution is -1.96. The van der Waals surface area contributed by atoms with E-state index in [0.717, 1.165) is 28.8 Å². The normalized spacial score (nSPS) is 10.2. The fourth-order valence-electron chi connectivity index (χ4n) is 2.34. The van der Waals surface area contributed by atoms with Crippen molar-refractivity contribution in [3.8, 4) is 28.0 Å². The number of nitrogens with zero attached hydrogens (tertiary/aromatic N) is 1. The third-order valence-corrected chi connectivity index (χ3v) is 4.48. The summed E-state index contributed by atoms with van der Waals surface area (Å²) in [4.78, 5) is 1.54. The summed E-state index contributed by atoms with van der Waals surface area (Å²) in [7, 11) is 3.22. The first-order valence-electron chi connectivity index (χ1n) is 6.70. The van der Waals surface area contributed by atoms with Gasteiger partial charge in [0.15, 0.2) is 11.5 Å². The van der Waals surface area contributed by atoms with E-state index >= 15 is 0 Å². The van der Waals surface area contributed by atoms with E-state index in [2.05, 4.69) is 13.0 Å². The SMILES string of the molecule is CCCc1c(-c2cccc(OC)c2OC)sc(C#N)c1N. The van der Waals surface area contributed by atoms with Crippen molar-refractivity contribution in [2.24, 2.45) is 0 Å². The van der Waals surface area contributed by atoms with Gasteiger partial charge in [0.05, 0.1) is 19.9 Å².